The van der Waals surface area contributed by atoms with Crippen molar-refractivity contribution in [2.45, 2.75) is 116 Å². The molecule has 23 heteroatoms. The summed E-state index contributed by atoms with van der Waals surface area (Å²) in [5.74, 6) is -11.2. The highest BCUT2D eigenvalue weighted by Gasteiger charge is 2.35. The molecular weight excluding hydrogens is 770 g/mol. The lowest BCUT2D eigenvalue weighted by molar-refractivity contribution is -0.142. The predicted octanol–water partition coefficient (Wildman–Crippen LogP) is -4.84. The third-order valence-corrected chi connectivity index (χ3v) is 8.67. The quantitative estimate of drug-likeness (QED) is 0.0369. The molecule has 0 fully saturated rings. The average molecular weight is 832 g/mol. The van der Waals surface area contributed by atoms with Gasteiger partial charge in [0.2, 0.25) is 47.3 Å². The molecule has 0 heterocycles. The molecule has 0 spiro atoms. The van der Waals surface area contributed by atoms with Gasteiger partial charge in [0.25, 0.3) is 0 Å². The van der Waals surface area contributed by atoms with Gasteiger partial charge in [-0.1, -0.05) is 48.0 Å². The van der Waals surface area contributed by atoms with E-state index >= 15 is 0 Å². The van der Waals surface area contributed by atoms with Crippen molar-refractivity contribution >= 4 is 59.2 Å². The minimum absolute atomic E-state index is 0.0406. The Morgan fingerprint density at radius 1 is 0.569 bits per heavy atom. The number of aliphatic hydroxyl groups is 2. The number of rotatable bonds is 27. The number of hydrogen-bond donors (Lipinski definition) is 13. The SMILES string of the molecule is CC[C@H](C)[C@H](NC(=O)[C@H](CO)NC(=O)[C@H](CC(C)C)NC(=O)[C@H](CCC(=O)O)NC(=O)CNC(=O)[C@@H](NC(=O)CN)C(C)C)C(=O)N[C@@H](CO)C(=O)N[C@@H](C)C(=O)O. The summed E-state index contributed by atoms with van der Waals surface area (Å²) in [7, 11) is 0. The van der Waals surface area contributed by atoms with Crippen LogP contribution in [-0.4, -0.2) is 148 Å². The topological polar surface area (TPSA) is 374 Å². The second kappa shape index (κ2) is 26.5. The van der Waals surface area contributed by atoms with Gasteiger partial charge in [0, 0.05) is 6.42 Å². The van der Waals surface area contributed by atoms with E-state index < -0.39 is 146 Å². The largest absolute Gasteiger partial charge is 0.481 e. The molecule has 0 radical (unpaired) electrons. The highest BCUT2D eigenvalue weighted by Crippen LogP contribution is 2.11. The van der Waals surface area contributed by atoms with Crippen molar-refractivity contribution in [3.8, 4) is 0 Å². The normalized spacial score (nSPS) is 15.2. The number of hydrogen-bond acceptors (Lipinski definition) is 13. The molecule has 0 aliphatic carbocycles. The summed E-state index contributed by atoms with van der Waals surface area (Å²) in [5, 5.41) is 56.7. The van der Waals surface area contributed by atoms with Crippen LogP contribution in [0.3, 0.4) is 0 Å². The maximum atomic E-state index is 13.5. The Morgan fingerprint density at radius 2 is 1.07 bits per heavy atom. The highest BCUT2D eigenvalue weighted by atomic mass is 16.4. The number of nitrogens with two attached hydrogens (primary N) is 1. The third-order valence-electron chi connectivity index (χ3n) is 8.67. The number of aliphatic hydroxyl groups excluding tert-OH is 2. The second-order valence-corrected chi connectivity index (χ2v) is 14.4. The first-order chi connectivity index (χ1) is 27.0. The number of carbonyl (C=O) groups is 10. The van der Waals surface area contributed by atoms with Gasteiger partial charge in [-0.15, -0.1) is 0 Å². The second-order valence-electron chi connectivity index (χ2n) is 14.4. The van der Waals surface area contributed by atoms with Crippen LogP contribution in [0.15, 0.2) is 0 Å². The molecule has 0 saturated carbocycles. The Labute approximate surface area is 336 Å². The number of aliphatic carboxylic acids is 2. The van der Waals surface area contributed by atoms with Crippen LogP contribution < -0.4 is 48.3 Å². The Morgan fingerprint density at radius 3 is 1.53 bits per heavy atom. The number of carboxylic acid groups (broad SMARTS) is 2. The smallest absolute Gasteiger partial charge is 0.325 e. The summed E-state index contributed by atoms with van der Waals surface area (Å²) in [6, 6.07) is -9.98. The number of carbonyl (C=O) groups excluding carboxylic acids is 8. The zero-order valence-corrected chi connectivity index (χ0v) is 33.9. The summed E-state index contributed by atoms with van der Waals surface area (Å²) in [6.07, 6.45) is -0.757. The zero-order chi connectivity index (χ0) is 44.9. The summed E-state index contributed by atoms with van der Waals surface area (Å²) in [6.45, 7) is 8.14. The number of carboxylic acids is 2. The van der Waals surface area contributed by atoms with Crippen LogP contribution in [0.2, 0.25) is 0 Å². The van der Waals surface area contributed by atoms with Gasteiger partial charge in [-0.25, -0.2) is 0 Å². The first kappa shape index (κ1) is 52.6. The molecule has 0 aliphatic rings. The monoisotopic (exact) mass is 831 g/mol. The van der Waals surface area contributed by atoms with E-state index in [0.29, 0.717) is 6.42 Å². The molecule has 0 aromatic carbocycles. The lowest BCUT2D eigenvalue weighted by Gasteiger charge is -2.29. The van der Waals surface area contributed by atoms with Crippen molar-refractivity contribution in [1.29, 1.82) is 0 Å². The zero-order valence-electron chi connectivity index (χ0n) is 33.9. The lowest BCUT2D eigenvalue weighted by Crippen LogP contribution is -2.61. The van der Waals surface area contributed by atoms with Crippen molar-refractivity contribution in [1.82, 2.24) is 42.5 Å². The Balaban J connectivity index is 6.02. The van der Waals surface area contributed by atoms with Crippen LogP contribution in [-0.2, 0) is 47.9 Å². The van der Waals surface area contributed by atoms with Crippen LogP contribution in [0, 0.1) is 17.8 Å². The van der Waals surface area contributed by atoms with E-state index in [1.54, 1.807) is 41.5 Å². The van der Waals surface area contributed by atoms with Crippen molar-refractivity contribution in [2.24, 2.45) is 23.5 Å². The van der Waals surface area contributed by atoms with E-state index in [1.165, 1.54) is 0 Å². The summed E-state index contributed by atoms with van der Waals surface area (Å²) in [5.41, 5.74) is 5.30. The van der Waals surface area contributed by atoms with Crippen LogP contribution >= 0.6 is 0 Å². The fourth-order valence-electron chi connectivity index (χ4n) is 5.06. The van der Waals surface area contributed by atoms with Gasteiger partial charge in [-0.3, -0.25) is 47.9 Å². The molecule has 0 aromatic heterocycles. The van der Waals surface area contributed by atoms with Crippen LogP contribution in [0.1, 0.15) is 74.1 Å². The van der Waals surface area contributed by atoms with E-state index in [1.807, 2.05) is 0 Å². The van der Waals surface area contributed by atoms with E-state index in [-0.39, 0.29) is 18.9 Å². The lowest BCUT2D eigenvalue weighted by atomic mass is 9.97. The Kier molecular flexibility index (Phi) is 24.0. The molecule has 0 aromatic rings. The van der Waals surface area contributed by atoms with E-state index in [4.69, 9.17) is 10.8 Å². The predicted molar refractivity (Wildman–Crippen MR) is 204 cm³/mol. The van der Waals surface area contributed by atoms with Crippen LogP contribution in [0.5, 0.6) is 0 Å². The van der Waals surface area contributed by atoms with Gasteiger partial charge in [0.05, 0.1) is 26.3 Å². The van der Waals surface area contributed by atoms with Crippen LogP contribution in [0.25, 0.3) is 0 Å². The Hall–Kier alpha value is -5.42. The first-order valence-electron chi connectivity index (χ1n) is 18.8. The van der Waals surface area contributed by atoms with Gasteiger partial charge in [-0.05, 0) is 37.5 Å². The van der Waals surface area contributed by atoms with Gasteiger partial charge in [-0.2, -0.15) is 0 Å². The molecule has 8 atom stereocenters. The molecule has 0 bridgehead atoms. The van der Waals surface area contributed by atoms with Crippen molar-refractivity contribution in [3.63, 3.8) is 0 Å². The van der Waals surface area contributed by atoms with Gasteiger partial charge < -0.3 is 68.7 Å². The van der Waals surface area contributed by atoms with Gasteiger partial charge >= 0.3 is 11.9 Å². The fraction of sp³-hybridized carbons (Fsp3) is 0.714. The number of amides is 8. The van der Waals surface area contributed by atoms with Crippen molar-refractivity contribution in [3.05, 3.63) is 0 Å². The molecule has 8 amide bonds. The molecule has 0 rings (SSSR count). The molecule has 14 N–H and O–H groups in total. The van der Waals surface area contributed by atoms with E-state index in [9.17, 15) is 63.3 Å². The molecule has 330 valence electrons. The van der Waals surface area contributed by atoms with Crippen LogP contribution in [0.4, 0.5) is 0 Å². The minimum atomic E-state index is -1.69. The highest BCUT2D eigenvalue weighted by molar-refractivity contribution is 5.97. The van der Waals surface area contributed by atoms with Gasteiger partial charge in [0.15, 0.2) is 0 Å². The first-order valence-corrected chi connectivity index (χ1v) is 18.8. The maximum absolute atomic E-state index is 13.5. The standard InChI is InChI=1S/C35H61N9O14/c1-8-18(6)28(34(56)42-22(14-45)31(53)38-19(7)35(57)58)44-32(54)23(15-46)41-30(52)21(11-16(2)3)40-29(51)20(9-10-26(49)50)39-25(48)13-37-33(55)27(17(4)5)43-24(47)12-36/h16-23,27-28,45-46H,8-15,36H2,1-7H3,(H,37,55)(H,38,53)(H,39,48)(H,40,51)(H,41,52)(H,42,56)(H,43,47)(H,44,54)(H,49,50)(H,57,58)/t18-,19-,20-,21-,22-,23-,27-,28-/m0/s1. The summed E-state index contributed by atoms with van der Waals surface area (Å²) >= 11 is 0. The maximum Gasteiger partial charge on any atom is 0.325 e. The molecule has 0 aliphatic heterocycles. The molecular formula is C35H61N9O14. The summed E-state index contributed by atoms with van der Waals surface area (Å²) < 4.78 is 0. The average Bonchev–Trinajstić information content (AvgIpc) is 3.15. The van der Waals surface area contributed by atoms with E-state index in [0.717, 1.165) is 6.92 Å². The van der Waals surface area contributed by atoms with Gasteiger partial charge in [0.1, 0.15) is 42.3 Å². The third kappa shape index (κ3) is 19.1. The molecule has 0 saturated heterocycles. The van der Waals surface area contributed by atoms with Crippen molar-refractivity contribution in [2.75, 3.05) is 26.3 Å². The molecule has 58 heavy (non-hydrogen) atoms. The van der Waals surface area contributed by atoms with E-state index in [2.05, 4.69) is 42.5 Å². The fourth-order valence-corrected chi connectivity index (χ4v) is 5.06. The Bertz CT molecular complexity index is 1460. The van der Waals surface area contributed by atoms with Crippen molar-refractivity contribution < 1.29 is 68.4 Å². The molecule has 23 nitrogen and oxygen atoms in total. The molecule has 0 unspecified atom stereocenters. The minimum Gasteiger partial charge on any atom is -0.481 e. The number of nitrogens with one attached hydrogen (secondary N) is 8. The summed E-state index contributed by atoms with van der Waals surface area (Å²) in [4.78, 5) is 126.